The number of carbonyl (C=O) groups is 1. The van der Waals surface area contributed by atoms with Crippen LogP contribution in [0.1, 0.15) is 0 Å². The third-order valence-corrected chi connectivity index (χ3v) is 2.16. The maximum atomic E-state index is 11.3. The number of hydrogen-bond donors (Lipinski definition) is 0. The minimum atomic E-state index is -0.484. The van der Waals surface area contributed by atoms with E-state index in [0.29, 0.717) is 11.3 Å². The van der Waals surface area contributed by atoms with Crippen molar-refractivity contribution in [1.29, 1.82) is 0 Å². The fourth-order valence-electron chi connectivity index (χ4n) is 1.30. The molecular formula is C12H11NO4. The molecule has 0 spiro atoms. The largest absolute Gasteiger partial charge is 0.423 e. The predicted octanol–water partition coefficient (Wildman–Crippen LogP) is 1.85. The number of hydrogen-bond acceptors (Lipinski definition) is 4. The van der Waals surface area contributed by atoms with Crippen molar-refractivity contribution < 1.29 is 13.9 Å². The Morgan fingerprint density at radius 2 is 1.94 bits per heavy atom. The zero-order valence-corrected chi connectivity index (χ0v) is 9.47. The summed E-state index contributed by atoms with van der Waals surface area (Å²) in [5.74, 6) is 0.338. The molecule has 0 saturated heterocycles. The molecule has 5 nitrogen and oxygen atoms in total. The molecule has 1 aromatic heterocycles. The smallest absolute Gasteiger partial charge is 0.414 e. The van der Waals surface area contributed by atoms with Gasteiger partial charge in [0.2, 0.25) is 0 Å². The van der Waals surface area contributed by atoms with Gasteiger partial charge in [-0.1, -0.05) is 0 Å². The average Bonchev–Trinajstić information content (AvgIpc) is 2.28. The summed E-state index contributed by atoms with van der Waals surface area (Å²) in [5.41, 5.74) is -0.0462. The molecule has 0 atom stereocenters. The Morgan fingerprint density at radius 1 is 1.24 bits per heavy atom. The summed E-state index contributed by atoms with van der Waals surface area (Å²) < 4.78 is 10.0. The van der Waals surface area contributed by atoms with E-state index in [0.717, 1.165) is 5.39 Å². The summed E-state index contributed by atoms with van der Waals surface area (Å²) in [7, 11) is 3.17. The molecule has 1 aromatic carbocycles. The van der Waals surface area contributed by atoms with Crippen LogP contribution in [0, 0.1) is 0 Å². The second-order valence-electron chi connectivity index (χ2n) is 3.72. The molecule has 5 heteroatoms. The van der Waals surface area contributed by atoms with Crippen LogP contribution in [-0.4, -0.2) is 25.1 Å². The van der Waals surface area contributed by atoms with E-state index in [1.165, 1.54) is 17.0 Å². The Bertz CT molecular complexity index is 615. The highest BCUT2D eigenvalue weighted by molar-refractivity contribution is 5.79. The molecular weight excluding hydrogens is 222 g/mol. The fourth-order valence-corrected chi connectivity index (χ4v) is 1.30. The van der Waals surface area contributed by atoms with Gasteiger partial charge in [0.15, 0.2) is 0 Å². The molecule has 1 amide bonds. The van der Waals surface area contributed by atoms with Crippen LogP contribution in [0.2, 0.25) is 0 Å². The quantitative estimate of drug-likeness (QED) is 0.705. The van der Waals surface area contributed by atoms with Gasteiger partial charge in [-0.05, 0) is 18.2 Å². The van der Waals surface area contributed by atoms with Crippen molar-refractivity contribution >= 4 is 17.1 Å². The summed E-state index contributed by atoms with van der Waals surface area (Å²) >= 11 is 0. The van der Waals surface area contributed by atoms with Crippen molar-refractivity contribution in [1.82, 2.24) is 4.90 Å². The molecule has 0 radical (unpaired) electrons. The highest BCUT2D eigenvalue weighted by Crippen LogP contribution is 2.19. The Hall–Kier alpha value is -2.30. The molecule has 0 aliphatic heterocycles. The van der Waals surface area contributed by atoms with Gasteiger partial charge in [0.05, 0.1) is 0 Å². The molecule has 17 heavy (non-hydrogen) atoms. The molecule has 0 saturated carbocycles. The van der Waals surface area contributed by atoms with E-state index in [1.54, 1.807) is 32.3 Å². The lowest BCUT2D eigenvalue weighted by Crippen LogP contribution is -2.25. The van der Waals surface area contributed by atoms with Crippen LogP contribution < -0.4 is 10.4 Å². The van der Waals surface area contributed by atoms with Crippen molar-refractivity contribution in [2.75, 3.05) is 14.1 Å². The zero-order chi connectivity index (χ0) is 12.4. The summed E-state index contributed by atoms with van der Waals surface area (Å²) in [6.45, 7) is 0. The predicted molar refractivity (Wildman–Crippen MR) is 62.2 cm³/mol. The minimum Gasteiger partial charge on any atom is -0.423 e. The van der Waals surface area contributed by atoms with Gasteiger partial charge in [0.25, 0.3) is 0 Å². The van der Waals surface area contributed by atoms with Crippen LogP contribution >= 0.6 is 0 Å². The lowest BCUT2D eigenvalue weighted by atomic mass is 10.2. The standard InChI is InChI=1S/C12H11NO4/c1-13(2)12(15)16-9-5-3-8-4-6-11(14)17-10(8)7-9/h3-7H,1-2H3. The third kappa shape index (κ3) is 2.44. The second kappa shape index (κ2) is 4.29. The number of fused-ring (bicyclic) bond motifs is 1. The fraction of sp³-hybridized carbons (Fsp3) is 0.167. The molecule has 0 unspecified atom stereocenters. The van der Waals surface area contributed by atoms with Gasteiger partial charge in [0, 0.05) is 31.6 Å². The summed E-state index contributed by atoms with van der Waals surface area (Å²) in [5, 5.41) is 0.772. The Labute approximate surface area is 97.2 Å². The lowest BCUT2D eigenvalue weighted by molar-refractivity contribution is 0.172. The first-order chi connectivity index (χ1) is 8.06. The first-order valence-corrected chi connectivity index (χ1v) is 4.99. The van der Waals surface area contributed by atoms with Crippen LogP contribution in [0.25, 0.3) is 11.0 Å². The number of amides is 1. The maximum Gasteiger partial charge on any atom is 0.414 e. The van der Waals surface area contributed by atoms with Crippen molar-refractivity contribution in [3.8, 4) is 5.75 Å². The molecule has 0 aliphatic carbocycles. The lowest BCUT2D eigenvalue weighted by Gasteiger charge is -2.10. The van der Waals surface area contributed by atoms with Crippen molar-refractivity contribution in [2.45, 2.75) is 0 Å². The highest BCUT2D eigenvalue weighted by atomic mass is 16.6. The van der Waals surface area contributed by atoms with Gasteiger partial charge in [-0.15, -0.1) is 0 Å². The van der Waals surface area contributed by atoms with Gasteiger partial charge in [-0.25, -0.2) is 9.59 Å². The van der Waals surface area contributed by atoms with Crippen LogP contribution in [-0.2, 0) is 0 Å². The van der Waals surface area contributed by atoms with Crippen LogP contribution in [0.5, 0.6) is 5.75 Å². The third-order valence-electron chi connectivity index (χ3n) is 2.16. The normalized spacial score (nSPS) is 10.2. The zero-order valence-electron chi connectivity index (χ0n) is 9.47. The van der Waals surface area contributed by atoms with Crippen LogP contribution in [0.3, 0.4) is 0 Å². The molecule has 0 aliphatic rings. The SMILES string of the molecule is CN(C)C(=O)Oc1ccc2ccc(=O)oc2c1. The molecule has 0 fully saturated rings. The number of carbonyl (C=O) groups excluding carboxylic acids is 1. The number of benzene rings is 1. The van der Waals surface area contributed by atoms with E-state index >= 15 is 0 Å². The van der Waals surface area contributed by atoms with Crippen LogP contribution in [0.15, 0.2) is 39.5 Å². The van der Waals surface area contributed by atoms with Gasteiger partial charge in [0.1, 0.15) is 11.3 Å². The minimum absolute atomic E-state index is 0.338. The number of rotatable bonds is 1. The van der Waals surface area contributed by atoms with Gasteiger partial charge < -0.3 is 14.1 Å². The van der Waals surface area contributed by atoms with Gasteiger partial charge in [-0.2, -0.15) is 0 Å². The summed E-state index contributed by atoms with van der Waals surface area (Å²) in [6.07, 6.45) is -0.484. The molecule has 0 N–H and O–H groups in total. The maximum absolute atomic E-state index is 11.3. The van der Waals surface area contributed by atoms with E-state index in [-0.39, 0.29) is 0 Å². The average molecular weight is 233 g/mol. The van der Waals surface area contributed by atoms with Gasteiger partial charge >= 0.3 is 11.7 Å². The van der Waals surface area contributed by atoms with Gasteiger partial charge in [-0.3, -0.25) is 0 Å². The summed E-state index contributed by atoms with van der Waals surface area (Å²) in [4.78, 5) is 23.7. The van der Waals surface area contributed by atoms with E-state index in [2.05, 4.69) is 0 Å². The Morgan fingerprint density at radius 3 is 2.65 bits per heavy atom. The van der Waals surface area contributed by atoms with E-state index in [1.807, 2.05) is 0 Å². The number of ether oxygens (including phenoxy) is 1. The van der Waals surface area contributed by atoms with E-state index < -0.39 is 11.7 Å². The molecule has 1 heterocycles. The molecule has 2 rings (SSSR count). The second-order valence-corrected chi connectivity index (χ2v) is 3.72. The molecule has 88 valence electrons. The monoisotopic (exact) mass is 233 g/mol. The Kier molecular flexibility index (Phi) is 2.82. The first kappa shape index (κ1) is 11.2. The summed E-state index contributed by atoms with van der Waals surface area (Å²) in [6, 6.07) is 7.87. The highest BCUT2D eigenvalue weighted by Gasteiger charge is 2.07. The first-order valence-electron chi connectivity index (χ1n) is 4.99. The number of nitrogens with zero attached hydrogens (tertiary/aromatic N) is 1. The molecule has 2 aromatic rings. The molecule has 0 bridgehead atoms. The van der Waals surface area contributed by atoms with Crippen molar-refractivity contribution in [2.24, 2.45) is 0 Å². The van der Waals surface area contributed by atoms with Crippen molar-refractivity contribution in [3.63, 3.8) is 0 Å². The van der Waals surface area contributed by atoms with E-state index in [4.69, 9.17) is 9.15 Å². The van der Waals surface area contributed by atoms with E-state index in [9.17, 15) is 9.59 Å². The van der Waals surface area contributed by atoms with Crippen LogP contribution in [0.4, 0.5) is 4.79 Å². The Balaban J connectivity index is 2.37. The van der Waals surface area contributed by atoms with Crippen molar-refractivity contribution in [3.05, 3.63) is 40.8 Å². The topological polar surface area (TPSA) is 59.8 Å².